The SMILES string of the molecule is CCCS(=N)(=O)Nc1cnccn1. The lowest BCUT2D eigenvalue weighted by Crippen LogP contribution is -2.15. The molecular formula is C7H12N4OS. The summed E-state index contributed by atoms with van der Waals surface area (Å²) in [4.78, 5) is 7.67. The topological polar surface area (TPSA) is 78.7 Å². The van der Waals surface area contributed by atoms with E-state index in [4.69, 9.17) is 4.78 Å². The minimum Gasteiger partial charge on any atom is -0.282 e. The Bertz CT molecular complexity index is 348. The fourth-order valence-electron chi connectivity index (χ4n) is 0.859. The van der Waals surface area contributed by atoms with Gasteiger partial charge in [0.15, 0.2) is 5.82 Å². The maximum atomic E-state index is 11.4. The molecule has 13 heavy (non-hydrogen) atoms. The maximum Gasteiger partial charge on any atom is 0.156 e. The average Bonchev–Trinajstić information content (AvgIpc) is 2.04. The minimum absolute atomic E-state index is 0.323. The predicted octanol–water partition coefficient (Wildman–Crippen LogP) is 1.26. The van der Waals surface area contributed by atoms with E-state index in [0.717, 1.165) is 0 Å². The molecule has 5 nitrogen and oxygen atoms in total. The van der Waals surface area contributed by atoms with Crippen molar-refractivity contribution < 1.29 is 4.21 Å². The Balaban J connectivity index is 2.70. The molecule has 0 spiro atoms. The Morgan fingerprint density at radius 1 is 1.62 bits per heavy atom. The summed E-state index contributed by atoms with van der Waals surface area (Å²) >= 11 is 0. The van der Waals surface area contributed by atoms with Crippen LogP contribution < -0.4 is 4.72 Å². The molecule has 0 fully saturated rings. The molecule has 0 aromatic carbocycles. The highest BCUT2D eigenvalue weighted by Crippen LogP contribution is 2.03. The molecule has 1 heterocycles. The Labute approximate surface area is 77.7 Å². The van der Waals surface area contributed by atoms with Crippen LogP contribution in [0.25, 0.3) is 0 Å². The van der Waals surface area contributed by atoms with E-state index in [1.807, 2.05) is 6.92 Å². The van der Waals surface area contributed by atoms with Crippen molar-refractivity contribution in [3.8, 4) is 0 Å². The molecule has 72 valence electrons. The number of nitrogens with zero attached hydrogens (tertiary/aromatic N) is 2. The lowest BCUT2D eigenvalue weighted by molar-refractivity contribution is 0.677. The number of rotatable bonds is 4. The molecule has 1 unspecified atom stereocenters. The summed E-state index contributed by atoms with van der Waals surface area (Å²) < 4.78 is 21.4. The van der Waals surface area contributed by atoms with Crippen molar-refractivity contribution >= 4 is 15.7 Å². The minimum atomic E-state index is -2.74. The zero-order valence-electron chi connectivity index (χ0n) is 7.36. The van der Waals surface area contributed by atoms with E-state index in [1.54, 1.807) is 0 Å². The molecule has 0 aliphatic rings. The van der Waals surface area contributed by atoms with E-state index in [2.05, 4.69) is 14.7 Å². The Morgan fingerprint density at radius 2 is 2.38 bits per heavy atom. The van der Waals surface area contributed by atoms with E-state index in [-0.39, 0.29) is 0 Å². The lowest BCUT2D eigenvalue weighted by atomic mass is 10.6. The molecule has 0 bridgehead atoms. The number of nitrogens with one attached hydrogen (secondary N) is 2. The lowest BCUT2D eigenvalue weighted by Gasteiger charge is -2.07. The Morgan fingerprint density at radius 3 is 2.92 bits per heavy atom. The number of aromatic nitrogens is 2. The van der Waals surface area contributed by atoms with Crippen molar-refractivity contribution in [1.29, 1.82) is 4.78 Å². The monoisotopic (exact) mass is 200 g/mol. The molecule has 0 saturated carbocycles. The van der Waals surface area contributed by atoms with Gasteiger partial charge in [0.05, 0.1) is 6.20 Å². The molecule has 0 saturated heterocycles. The third-order valence-electron chi connectivity index (χ3n) is 1.32. The van der Waals surface area contributed by atoms with E-state index >= 15 is 0 Å². The van der Waals surface area contributed by atoms with Crippen molar-refractivity contribution in [2.24, 2.45) is 0 Å². The van der Waals surface area contributed by atoms with E-state index in [1.165, 1.54) is 18.6 Å². The summed E-state index contributed by atoms with van der Waals surface area (Å²) in [6.07, 6.45) is 5.17. The van der Waals surface area contributed by atoms with Gasteiger partial charge in [-0.2, -0.15) is 0 Å². The normalized spacial score (nSPS) is 14.8. The van der Waals surface area contributed by atoms with Gasteiger partial charge in [-0.15, -0.1) is 0 Å². The zero-order chi connectivity index (χ0) is 9.73. The van der Waals surface area contributed by atoms with Crippen LogP contribution in [0.15, 0.2) is 18.6 Å². The first-order valence-corrected chi connectivity index (χ1v) is 5.67. The first-order valence-electron chi connectivity index (χ1n) is 3.94. The molecule has 1 aromatic rings. The Hall–Kier alpha value is -1.17. The predicted molar refractivity (Wildman–Crippen MR) is 51.7 cm³/mol. The third-order valence-corrected chi connectivity index (χ3v) is 2.85. The van der Waals surface area contributed by atoms with Gasteiger partial charge in [0.25, 0.3) is 0 Å². The van der Waals surface area contributed by atoms with E-state index < -0.39 is 9.92 Å². The van der Waals surface area contributed by atoms with E-state index in [9.17, 15) is 4.21 Å². The van der Waals surface area contributed by atoms with Crippen LogP contribution in [-0.2, 0) is 9.92 Å². The largest absolute Gasteiger partial charge is 0.282 e. The first-order chi connectivity index (χ1) is 6.14. The fraction of sp³-hybridized carbons (Fsp3) is 0.429. The van der Waals surface area contributed by atoms with Crippen LogP contribution in [0.1, 0.15) is 13.3 Å². The fourth-order valence-corrected chi connectivity index (χ4v) is 1.98. The summed E-state index contributed by atoms with van der Waals surface area (Å²) in [6.45, 7) is 1.88. The summed E-state index contributed by atoms with van der Waals surface area (Å²) in [5.74, 6) is 0.708. The molecule has 0 amide bonds. The van der Waals surface area contributed by atoms with Crippen LogP contribution in [-0.4, -0.2) is 19.9 Å². The highest BCUT2D eigenvalue weighted by Gasteiger charge is 2.04. The van der Waals surface area contributed by atoms with E-state index in [0.29, 0.717) is 18.0 Å². The summed E-state index contributed by atoms with van der Waals surface area (Å²) in [5, 5.41) is 0. The average molecular weight is 200 g/mol. The quantitative estimate of drug-likeness (QED) is 0.768. The summed E-state index contributed by atoms with van der Waals surface area (Å²) in [6, 6.07) is 0. The van der Waals surface area contributed by atoms with Crippen LogP contribution in [0.3, 0.4) is 0 Å². The van der Waals surface area contributed by atoms with Gasteiger partial charge in [-0.05, 0) is 6.42 Å². The zero-order valence-corrected chi connectivity index (χ0v) is 8.17. The molecule has 0 radical (unpaired) electrons. The second-order valence-electron chi connectivity index (χ2n) is 2.57. The van der Waals surface area contributed by atoms with Gasteiger partial charge in [-0.1, -0.05) is 6.92 Å². The van der Waals surface area contributed by atoms with Crippen LogP contribution >= 0.6 is 0 Å². The van der Waals surface area contributed by atoms with Gasteiger partial charge in [0.1, 0.15) is 9.92 Å². The highest BCUT2D eigenvalue weighted by atomic mass is 32.2. The van der Waals surface area contributed by atoms with Gasteiger partial charge in [-0.3, -0.25) is 9.71 Å². The van der Waals surface area contributed by atoms with Gasteiger partial charge in [-0.25, -0.2) is 14.0 Å². The standard InChI is InChI=1S/C7H12N4OS/c1-2-5-13(8,12)11-7-6-9-3-4-10-7/h3-4,6H,2,5H2,1H3,(H2,8,10,11,12). The van der Waals surface area contributed by atoms with Crippen molar-refractivity contribution in [1.82, 2.24) is 9.97 Å². The van der Waals surface area contributed by atoms with Gasteiger partial charge >= 0.3 is 0 Å². The number of anilines is 1. The van der Waals surface area contributed by atoms with Crippen LogP contribution in [0.4, 0.5) is 5.82 Å². The third kappa shape index (κ3) is 3.37. The number of hydrogen-bond donors (Lipinski definition) is 2. The molecule has 0 aliphatic carbocycles. The highest BCUT2D eigenvalue weighted by molar-refractivity contribution is 7.93. The molecule has 1 atom stereocenters. The summed E-state index contributed by atoms with van der Waals surface area (Å²) in [7, 11) is -2.74. The second-order valence-corrected chi connectivity index (χ2v) is 4.53. The Kier molecular flexibility index (Phi) is 3.18. The molecule has 1 rings (SSSR count). The molecule has 2 N–H and O–H groups in total. The van der Waals surface area contributed by atoms with Crippen molar-refractivity contribution in [3.63, 3.8) is 0 Å². The molecular weight excluding hydrogens is 188 g/mol. The second kappa shape index (κ2) is 4.18. The van der Waals surface area contributed by atoms with Crippen LogP contribution in [0.2, 0.25) is 0 Å². The first kappa shape index (κ1) is 9.91. The summed E-state index contributed by atoms with van der Waals surface area (Å²) in [5.41, 5.74) is 0. The van der Waals surface area contributed by atoms with Gasteiger partial charge < -0.3 is 0 Å². The van der Waals surface area contributed by atoms with Gasteiger partial charge in [0, 0.05) is 18.1 Å². The van der Waals surface area contributed by atoms with Crippen LogP contribution in [0.5, 0.6) is 0 Å². The van der Waals surface area contributed by atoms with Crippen molar-refractivity contribution in [2.75, 3.05) is 10.5 Å². The molecule has 0 aliphatic heterocycles. The smallest absolute Gasteiger partial charge is 0.156 e. The van der Waals surface area contributed by atoms with Crippen molar-refractivity contribution in [3.05, 3.63) is 18.6 Å². The van der Waals surface area contributed by atoms with Crippen molar-refractivity contribution in [2.45, 2.75) is 13.3 Å². The maximum absolute atomic E-state index is 11.4. The molecule has 6 heteroatoms. The van der Waals surface area contributed by atoms with Gasteiger partial charge in [0.2, 0.25) is 0 Å². The molecule has 1 aromatic heterocycles. The number of hydrogen-bond acceptors (Lipinski definition) is 4. The van der Waals surface area contributed by atoms with Crippen LogP contribution in [0, 0.1) is 4.78 Å².